The molecule has 1 aliphatic heterocycles. The lowest BCUT2D eigenvalue weighted by Crippen LogP contribution is -2.44. The van der Waals surface area contributed by atoms with E-state index in [-0.39, 0.29) is 23.0 Å². The van der Waals surface area contributed by atoms with Crippen LogP contribution in [0.3, 0.4) is 0 Å². The van der Waals surface area contributed by atoms with Gasteiger partial charge in [-0.1, -0.05) is 17.7 Å². The van der Waals surface area contributed by atoms with Crippen LogP contribution in [0.4, 0.5) is 5.69 Å². The second kappa shape index (κ2) is 10.8. The van der Waals surface area contributed by atoms with Gasteiger partial charge in [-0.15, -0.1) is 10.2 Å². The molecule has 2 atom stereocenters. The second-order valence-corrected chi connectivity index (χ2v) is 12.3. The molecule has 3 aromatic heterocycles. The van der Waals surface area contributed by atoms with Gasteiger partial charge in [-0.2, -0.15) is 17.6 Å². The number of methoxy groups -OCH3 is 1. The molecule has 0 saturated carbocycles. The summed E-state index contributed by atoms with van der Waals surface area (Å²) in [6.45, 7) is 7.93. The molecule has 218 valence electrons. The minimum Gasteiger partial charge on any atom is -0.480 e. The van der Waals surface area contributed by atoms with Crippen molar-refractivity contribution in [2.45, 2.75) is 44.4 Å². The van der Waals surface area contributed by atoms with E-state index >= 15 is 0 Å². The zero-order valence-electron chi connectivity index (χ0n) is 23.7. The number of rotatable bonds is 7. The molecule has 42 heavy (non-hydrogen) atoms. The van der Waals surface area contributed by atoms with Gasteiger partial charge in [0.1, 0.15) is 0 Å². The highest BCUT2D eigenvalue weighted by Crippen LogP contribution is 2.36. The summed E-state index contributed by atoms with van der Waals surface area (Å²) in [5.74, 6) is 0.980. The predicted molar refractivity (Wildman–Crippen MR) is 156 cm³/mol. The zero-order chi connectivity index (χ0) is 29.6. The monoisotopic (exact) mass is 589 g/mol. The maximum Gasteiger partial charge on any atom is 0.283 e. The van der Waals surface area contributed by atoms with Crippen molar-refractivity contribution in [3.05, 3.63) is 66.3 Å². The van der Waals surface area contributed by atoms with Crippen molar-refractivity contribution in [3.8, 4) is 28.5 Å². The predicted octanol–water partition coefficient (Wildman–Crippen LogP) is 3.89. The van der Waals surface area contributed by atoms with Crippen LogP contribution < -0.4 is 10.5 Å². The lowest BCUT2D eigenvalue weighted by Gasteiger charge is -2.34. The van der Waals surface area contributed by atoms with Crippen LogP contribution in [-0.4, -0.2) is 70.1 Å². The SMILES string of the molecule is COc1ncc(-c2cc(-c3nnc(CN4C[C@@H](C)O[C@@H](C)C4)o3)c3cnn(S(=O)(=O)c4ccc(C)cc4)c3c2)cc1N. The van der Waals surface area contributed by atoms with Crippen molar-refractivity contribution in [2.24, 2.45) is 0 Å². The van der Waals surface area contributed by atoms with Gasteiger partial charge >= 0.3 is 0 Å². The van der Waals surface area contributed by atoms with E-state index in [0.29, 0.717) is 51.6 Å². The van der Waals surface area contributed by atoms with E-state index in [4.69, 9.17) is 19.6 Å². The normalized spacial score (nSPS) is 18.0. The van der Waals surface area contributed by atoms with Crippen LogP contribution in [0.15, 0.2) is 64.2 Å². The first-order valence-electron chi connectivity index (χ1n) is 13.5. The van der Waals surface area contributed by atoms with Crippen molar-refractivity contribution in [1.29, 1.82) is 0 Å². The number of nitrogens with zero attached hydrogens (tertiary/aromatic N) is 6. The molecule has 1 aliphatic rings. The molecule has 0 radical (unpaired) electrons. The van der Waals surface area contributed by atoms with E-state index < -0.39 is 10.0 Å². The zero-order valence-corrected chi connectivity index (χ0v) is 24.5. The molecule has 4 heterocycles. The molecule has 0 spiro atoms. The van der Waals surface area contributed by atoms with Gasteiger partial charge in [-0.3, -0.25) is 4.90 Å². The number of nitrogen functional groups attached to an aromatic ring is 1. The maximum absolute atomic E-state index is 13.7. The Balaban J connectivity index is 1.47. The van der Waals surface area contributed by atoms with E-state index in [2.05, 4.69) is 25.2 Å². The van der Waals surface area contributed by atoms with E-state index in [0.717, 1.165) is 22.7 Å². The van der Waals surface area contributed by atoms with Crippen molar-refractivity contribution in [3.63, 3.8) is 0 Å². The van der Waals surface area contributed by atoms with Crippen LogP contribution in [0.1, 0.15) is 25.3 Å². The van der Waals surface area contributed by atoms with Gasteiger partial charge in [0.25, 0.3) is 10.0 Å². The first kappa shape index (κ1) is 27.8. The Labute approximate surface area is 243 Å². The molecular formula is C29H31N7O5S. The fourth-order valence-electron chi connectivity index (χ4n) is 5.28. The van der Waals surface area contributed by atoms with Crippen molar-refractivity contribution < 1.29 is 22.3 Å². The lowest BCUT2D eigenvalue weighted by molar-refractivity contribution is -0.0721. The molecule has 0 amide bonds. The van der Waals surface area contributed by atoms with Crippen LogP contribution in [0.5, 0.6) is 5.88 Å². The molecule has 6 rings (SSSR count). The number of benzene rings is 2. The summed E-state index contributed by atoms with van der Waals surface area (Å²) in [7, 11) is -2.53. The van der Waals surface area contributed by atoms with Gasteiger partial charge in [0, 0.05) is 30.2 Å². The largest absolute Gasteiger partial charge is 0.480 e. The molecule has 2 N–H and O–H groups in total. The summed E-state index contributed by atoms with van der Waals surface area (Å²) in [5.41, 5.74) is 9.59. The topological polar surface area (TPSA) is 151 Å². The summed E-state index contributed by atoms with van der Waals surface area (Å²) in [6.07, 6.45) is 3.30. The number of aryl methyl sites for hydroxylation is 1. The number of anilines is 1. The number of morpholine rings is 1. The Hall–Kier alpha value is -4.33. The Morgan fingerprint density at radius 3 is 2.45 bits per heavy atom. The van der Waals surface area contributed by atoms with Crippen LogP contribution >= 0.6 is 0 Å². The third-order valence-electron chi connectivity index (χ3n) is 7.16. The summed E-state index contributed by atoms with van der Waals surface area (Å²) in [5, 5.41) is 13.5. The van der Waals surface area contributed by atoms with Crippen LogP contribution in [0.2, 0.25) is 0 Å². The first-order chi connectivity index (χ1) is 20.1. The fourth-order valence-corrected chi connectivity index (χ4v) is 6.54. The summed E-state index contributed by atoms with van der Waals surface area (Å²) in [4.78, 5) is 6.62. The van der Waals surface area contributed by atoms with E-state index in [1.54, 1.807) is 42.6 Å². The Bertz CT molecular complexity index is 1860. The molecule has 0 aliphatic carbocycles. The van der Waals surface area contributed by atoms with Crippen molar-refractivity contribution >= 4 is 26.6 Å². The standard InChI is InChI=1S/C29H31N7O5S/c1-17-5-7-22(8-6-17)42(37,38)36-26-11-20(21-10-25(30)29(39-4)31-12-21)9-23(24(26)13-32-36)28-34-33-27(41-28)16-35-14-18(2)40-19(3)15-35/h5-13,18-19H,14-16,30H2,1-4H3/t18-,19+. The maximum atomic E-state index is 13.7. The fraction of sp³-hybridized carbons (Fsp3) is 0.310. The molecule has 0 unspecified atom stereocenters. The summed E-state index contributed by atoms with van der Waals surface area (Å²) < 4.78 is 45.6. The minimum atomic E-state index is -4.02. The smallest absolute Gasteiger partial charge is 0.283 e. The van der Waals surface area contributed by atoms with E-state index in [1.165, 1.54) is 13.3 Å². The van der Waals surface area contributed by atoms with E-state index in [1.807, 2.05) is 26.8 Å². The number of hydrogen-bond donors (Lipinski definition) is 1. The van der Waals surface area contributed by atoms with Crippen LogP contribution in [-0.2, 0) is 21.3 Å². The van der Waals surface area contributed by atoms with Crippen molar-refractivity contribution in [1.82, 2.24) is 29.3 Å². The lowest BCUT2D eigenvalue weighted by atomic mass is 10.0. The third-order valence-corrected chi connectivity index (χ3v) is 8.77. The molecule has 13 heteroatoms. The molecular weight excluding hydrogens is 558 g/mol. The molecule has 1 saturated heterocycles. The minimum absolute atomic E-state index is 0.0966. The van der Waals surface area contributed by atoms with Gasteiger partial charge in [-0.25, -0.2) is 4.98 Å². The number of nitrogens with two attached hydrogens (primary N) is 1. The first-order valence-corrected chi connectivity index (χ1v) is 14.9. The van der Waals surface area contributed by atoms with Gasteiger partial charge in [0.15, 0.2) is 0 Å². The number of hydrogen-bond acceptors (Lipinski definition) is 11. The number of ether oxygens (including phenoxy) is 2. The number of aromatic nitrogens is 5. The molecule has 2 aromatic carbocycles. The van der Waals surface area contributed by atoms with Gasteiger partial charge in [0.05, 0.1) is 53.7 Å². The highest BCUT2D eigenvalue weighted by molar-refractivity contribution is 7.90. The average Bonchev–Trinajstić information content (AvgIpc) is 3.60. The highest BCUT2D eigenvalue weighted by Gasteiger charge is 2.26. The van der Waals surface area contributed by atoms with Gasteiger partial charge < -0.3 is 19.6 Å². The second-order valence-electron chi connectivity index (χ2n) is 10.5. The van der Waals surface area contributed by atoms with Crippen LogP contribution in [0, 0.1) is 6.92 Å². The quantitative estimate of drug-likeness (QED) is 0.294. The van der Waals surface area contributed by atoms with Gasteiger partial charge in [-0.05, 0) is 56.7 Å². The van der Waals surface area contributed by atoms with E-state index in [9.17, 15) is 8.42 Å². The highest BCUT2D eigenvalue weighted by atomic mass is 32.2. The molecule has 5 aromatic rings. The number of pyridine rings is 1. The van der Waals surface area contributed by atoms with Crippen molar-refractivity contribution in [2.75, 3.05) is 25.9 Å². The summed E-state index contributed by atoms with van der Waals surface area (Å²) >= 11 is 0. The average molecular weight is 590 g/mol. The third kappa shape index (κ3) is 5.22. The Morgan fingerprint density at radius 1 is 1.02 bits per heavy atom. The Morgan fingerprint density at radius 2 is 1.76 bits per heavy atom. The molecule has 1 fully saturated rings. The molecule has 12 nitrogen and oxygen atoms in total. The number of fused-ring (bicyclic) bond motifs is 1. The van der Waals surface area contributed by atoms with Crippen LogP contribution in [0.25, 0.3) is 33.5 Å². The summed E-state index contributed by atoms with van der Waals surface area (Å²) in [6, 6.07) is 11.9. The van der Waals surface area contributed by atoms with Gasteiger partial charge in [0.2, 0.25) is 17.7 Å². The Kier molecular flexibility index (Phi) is 7.17. The molecule has 0 bridgehead atoms.